The molecule has 0 radical (unpaired) electrons. The van der Waals surface area contributed by atoms with Gasteiger partial charge in [-0.3, -0.25) is 4.68 Å². The molecule has 4 heteroatoms. The van der Waals surface area contributed by atoms with Crippen LogP contribution in [0.4, 0.5) is 5.82 Å². The van der Waals surface area contributed by atoms with Gasteiger partial charge in [0, 0.05) is 13.6 Å². The van der Waals surface area contributed by atoms with Gasteiger partial charge in [0.1, 0.15) is 17.5 Å². The SMILES string of the molecule is Cc1nn(C)c(NCC(C)C2CC2)c1C#N. The van der Waals surface area contributed by atoms with Gasteiger partial charge in [-0.05, 0) is 31.6 Å². The third-order valence-corrected chi connectivity index (χ3v) is 3.35. The van der Waals surface area contributed by atoms with Crippen molar-refractivity contribution in [2.24, 2.45) is 18.9 Å². The molecular weight excluding hydrogens is 200 g/mol. The third kappa shape index (κ3) is 2.04. The molecule has 0 aromatic carbocycles. The molecular formula is C12H18N4. The predicted molar refractivity (Wildman–Crippen MR) is 63.0 cm³/mol. The van der Waals surface area contributed by atoms with Gasteiger partial charge in [-0.1, -0.05) is 6.92 Å². The summed E-state index contributed by atoms with van der Waals surface area (Å²) in [5.74, 6) is 2.42. The van der Waals surface area contributed by atoms with Crippen LogP contribution in [0.1, 0.15) is 31.0 Å². The summed E-state index contributed by atoms with van der Waals surface area (Å²) in [4.78, 5) is 0. The van der Waals surface area contributed by atoms with E-state index in [0.29, 0.717) is 11.5 Å². The van der Waals surface area contributed by atoms with E-state index in [1.807, 2.05) is 14.0 Å². The first-order valence-electron chi connectivity index (χ1n) is 5.81. The Balaban J connectivity index is 2.05. The minimum atomic E-state index is 0.672. The van der Waals surface area contributed by atoms with Crippen molar-refractivity contribution < 1.29 is 0 Å². The van der Waals surface area contributed by atoms with Crippen LogP contribution in [0.15, 0.2) is 0 Å². The van der Waals surface area contributed by atoms with Crippen LogP contribution in [-0.2, 0) is 7.05 Å². The van der Waals surface area contributed by atoms with Crippen LogP contribution in [0.2, 0.25) is 0 Å². The number of nitrogens with zero attached hydrogens (tertiary/aromatic N) is 3. The number of rotatable bonds is 4. The Hall–Kier alpha value is -1.50. The minimum Gasteiger partial charge on any atom is -0.369 e. The van der Waals surface area contributed by atoms with Crippen LogP contribution in [0.5, 0.6) is 0 Å². The van der Waals surface area contributed by atoms with E-state index in [4.69, 9.17) is 5.26 Å². The molecule has 0 aliphatic heterocycles. The number of aromatic nitrogens is 2. The van der Waals surface area contributed by atoms with Crippen LogP contribution in [0.3, 0.4) is 0 Å². The molecule has 1 atom stereocenters. The van der Waals surface area contributed by atoms with Gasteiger partial charge in [-0.25, -0.2) is 0 Å². The largest absolute Gasteiger partial charge is 0.369 e. The standard InChI is InChI=1S/C12H18N4/c1-8(10-4-5-10)7-14-12-11(6-13)9(2)15-16(12)3/h8,10,14H,4-5,7H2,1-3H3. The topological polar surface area (TPSA) is 53.6 Å². The molecule has 1 heterocycles. The Morgan fingerprint density at radius 1 is 1.62 bits per heavy atom. The van der Waals surface area contributed by atoms with Gasteiger partial charge in [-0.2, -0.15) is 10.4 Å². The summed E-state index contributed by atoms with van der Waals surface area (Å²) >= 11 is 0. The van der Waals surface area contributed by atoms with E-state index in [1.165, 1.54) is 12.8 Å². The maximum atomic E-state index is 9.06. The summed E-state index contributed by atoms with van der Waals surface area (Å²) in [6, 6.07) is 2.21. The number of hydrogen-bond donors (Lipinski definition) is 1. The van der Waals surface area contributed by atoms with Crippen molar-refractivity contribution in [3.05, 3.63) is 11.3 Å². The minimum absolute atomic E-state index is 0.672. The molecule has 1 aliphatic rings. The van der Waals surface area contributed by atoms with E-state index >= 15 is 0 Å². The molecule has 1 saturated carbocycles. The van der Waals surface area contributed by atoms with Gasteiger partial charge in [0.05, 0.1) is 5.69 Å². The van der Waals surface area contributed by atoms with Crippen LogP contribution in [0.25, 0.3) is 0 Å². The highest BCUT2D eigenvalue weighted by Gasteiger charge is 2.28. The second-order valence-electron chi connectivity index (χ2n) is 4.74. The fourth-order valence-corrected chi connectivity index (χ4v) is 2.08. The van der Waals surface area contributed by atoms with E-state index in [1.54, 1.807) is 4.68 Å². The average Bonchev–Trinajstić information content (AvgIpc) is 3.03. The number of aryl methyl sites for hydroxylation is 2. The predicted octanol–water partition coefficient (Wildman–Crippen LogP) is 2.06. The number of hydrogen-bond acceptors (Lipinski definition) is 3. The van der Waals surface area contributed by atoms with Crippen LogP contribution in [-0.4, -0.2) is 16.3 Å². The van der Waals surface area contributed by atoms with Crippen molar-refractivity contribution in [1.29, 1.82) is 5.26 Å². The van der Waals surface area contributed by atoms with Gasteiger partial charge in [0.25, 0.3) is 0 Å². The Morgan fingerprint density at radius 3 is 2.88 bits per heavy atom. The smallest absolute Gasteiger partial charge is 0.142 e. The van der Waals surface area contributed by atoms with Crippen LogP contribution in [0, 0.1) is 30.1 Å². The lowest BCUT2D eigenvalue weighted by molar-refractivity contribution is 0.534. The van der Waals surface area contributed by atoms with Crippen LogP contribution >= 0.6 is 0 Å². The molecule has 0 saturated heterocycles. The molecule has 16 heavy (non-hydrogen) atoms. The van der Waals surface area contributed by atoms with Crippen molar-refractivity contribution in [2.75, 3.05) is 11.9 Å². The molecule has 0 amide bonds. The zero-order valence-electron chi connectivity index (χ0n) is 10.1. The molecule has 4 nitrogen and oxygen atoms in total. The van der Waals surface area contributed by atoms with Gasteiger partial charge >= 0.3 is 0 Å². The summed E-state index contributed by atoms with van der Waals surface area (Å²) < 4.78 is 1.76. The zero-order chi connectivity index (χ0) is 11.7. The summed E-state index contributed by atoms with van der Waals surface area (Å²) in [6.45, 7) is 5.06. The quantitative estimate of drug-likeness (QED) is 0.841. The molecule has 1 aromatic rings. The molecule has 1 aromatic heterocycles. The highest BCUT2D eigenvalue weighted by atomic mass is 15.3. The van der Waals surface area contributed by atoms with Crippen molar-refractivity contribution in [2.45, 2.75) is 26.7 Å². The fourth-order valence-electron chi connectivity index (χ4n) is 2.08. The maximum Gasteiger partial charge on any atom is 0.142 e. The van der Waals surface area contributed by atoms with Crippen molar-refractivity contribution in [3.8, 4) is 6.07 Å². The normalized spacial score (nSPS) is 16.9. The van der Waals surface area contributed by atoms with Gasteiger partial charge < -0.3 is 5.32 Å². The lowest BCUT2D eigenvalue weighted by Gasteiger charge is -2.12. The Labute approximate surface area is 96.3 Å². The third-order valence-electron chi connectivity index (χ3n) is 3.35. The summed E-state index contributed by atoms with van der Waals surface area (Å²) in [5.41, 5.74) is 1.47. The molecule has 1 fully saturated rings. The molecule has 1 N–H and O–H groups in total. The van der Waals surface area contributed by atoms with E-state index in [9.17, 15) is 0 Å². The molecule has 0 bridgehead atoms. The molecule has 0 spiro atoms. The first-order chi connectivity index (χ1) is 7.63. The lowest BCUT2D eigenvalue weighted by atomic mass is 10.1. The molecule has 2 rings (SSSR count). The molecule has 86 valence electrons. The highest BCUT2D eigenvalue weighted by molar-refractivity contribution is 5.54. The van der Waals surface area contributed by atoms with Crippen molar-refractivity contribution in [3.63, 3.8) is 0 Å². The summed E-state index contributed by atoms with van der Waals surface area (Å²) in [5, 5.41) is 16.7. The first-order valence-corrected chi connectivity index (χ1v) is 5.81. The van der Waals surface area contributed by atoms with E-state index in [0.717, 1.165) is 24.0 Å². The molecule has 1 aliphatic carbocycles. The molecule has 1 unspecified atom stereocenters. The second kappa shape index (κ2) is 4.17. The maximum absolute atomic E-state index is 9.06. The van der Waals surface area contributed by atoms with Crippen molar-refractivity contribution >= 4 is 5.82 Å². The summed E-state index contributed by atoms with van der Waals surface area (Å²) in [6.07, 6.45) is 2.72. The number of nitriles is 1. The Bertz CT molecular complexity index is 423. The summed E-state index contributed by atoms with van der Waals surface area (Å²) in [7, 11) is 1.87. The van der Waals surface area contributed by atoms with E-state index in [2.05, 4.69) is 23.4 Å². The Kier molecular flexibility index (Phi) is 2.86. The van der Waals surface area contributed by atoms with Gasteiger partial charge in [0.2, 0.25) is 0 Å². The van der Waals surface area contributed by atoms with E-state index < -0.39 is 0 Å². The monoisotopic (exact) mass is 218 g/mol. The first kappa shape index (κ1) is 11.0. The van der Waals surface area contributed by atoms with Crippen LogP contribution < -0.4 is 5.32 Å². The zero-order valence-corrected chi connectivity index (χ0v) is 10.1. The lowest BCUT2D eigenvalue weighted by Crippen LogP contribution is -2.15. The second-order valence-corrected chi connectivity index (χ2v) is 4.74. The average molecular weight is 218 g/mol. The van der Waals surface area contributed by atoms with Gasteiger partial charge in [0.15, 0.2) is 0 Å². The van der Waals surface area contributed by atoms with Crippen molar-refractivity contribution in [1.82, 2.24) is 9.78 Å². The Morgan fingerprint density at radius 2 is 2.31 bits per heavy atom. The highest BCUT2D eigenvalue weighted by Crippen LogP contribution is 2.36. The number of anilines is 1. The van der Waals surface area contributed by atoms with Gasteiger partial charge in [-0.15, -0.1) is 0 Å². The van der Waals surface area contributed by atoms with E-state index in [-0.39, 0.29) is 0 Å². The fraction of sp³-hybridized carbons (Fsp3) is 0.667. The number of nitrogens with one attached hydrogen (secondary N) is 1.